The quantitative estimate of drug-likeness (QED) is 0.751. The number of benzene rings is 2. The lowest BCUT2D eigenvalue weighted by Crippen LogP contribution is -2.43. The number of aromatic hydroxyl groups is 1. The average molecular weight is 321 g/mol. The molecule has 0 saturated heterocycles. The first-order chi connectivity index (χ1) is 10.6. The van der Waals surface area contributed by atoms with Crippen molar-refractivity contribution >= 4 is 23.4 Å². The number of hydrogen-bond acceptors (Lipinski definition) is 4. The molecule has 0 heterocycles. The average Bonchev–Trinajstić information content (AvgIpc) is 2.51. The largest absolute Gasteiger partial charge is 0.507 e. The van der Waals surface area contributed by atoms with E-state index in [1.54, 1.807) is 36.4 Å². The van der Waals surface area contributed by atoms with Crippen LogP contribution in [-0.4, -0.2) is 23.5 Å². The van der Waals surface area contributed by atoms with Crippen LogP contribution >= 0.6 is 11.6 Å². The number of para-hydroxylation sites is 1. The van der Waals surface area contributed by atoms with Crippen LogP contribution in [0.5, 0.6) is 11.5 Å². The maximum atomic E-state index is 11.7. The van der Waals surface area contributed by atoms with Crippen molar-refractivity contribution in [3.05, 3.63) is 59.1 Å². The summed E-state index contributed by atoms with van der Waals surface area (Å²) in [5.41, 5.74) is 4.42. The van der Waals surface area contributed by atoms with E-state index < -0.39 is 11.8 Å². The number of hydrazine groups is 1. The van der Waals surface area contributed by atoms with E-state index in [2.05, 4.69) is 10.9 Å². The minimum atomic E-state index is -0.630. The van der Waals surface area contributed by atoms with Gasteiger partial charge in [-0.15, -0.1) is 0 Å². The Morgan fingerprint density at radius 2 is 1.86 bits per heavy atom. The summed E-state index contributed by atoms with van der Waals surface area (Å²) in [4.78, 5) is 23.3. The fraction of sp³-hybridized carbons (Fsp3) is 0.0667. The molecular formula is C15H13ClN2O4. The molecule has 0 spiro atoms. The third-order valence-electron chi connectivity index (χ3n) is 2.63. The molecule has 0 aliphatic heterocycles. The predicted octanol–water partition coefficient (Wildman–Crippen LogP) is 1.89. The fourth-order valence-electron chi connectivity index (χ4n) is 1.60. The molecule has 0 radical (unpaired) electrons. The van der Waals surface area contributed by atoms with Gasteiger partial charge in [0.2, 0.25) is 0 Å². The summed E-state index contributed by atoms with van der Waals surface area (Å²) in [5, 5.41) is 10.0. The molecule has 0 fully saturated rings. The Kier molecular flexibility index (Phi) is 5.21. The highest BCUT2D eigenvalue weighted by molar-refractivity contribution is 6.30. The number of phenols is 1. The Hall–Kier alpha value is -2.73. The standard InChI is InChI=1S/C15H13ClN2O4/c16-10-4-3-5-11(8-10)22-9-14(20)17-18-15(21)12-6-1-2-7-13(12)19/h1-8,19H,9H2,(H,17,20)(H,18,21). The minimum absolute atomic E-state index is 0.0542. The molecule has 0 unspecified atom stereocenters. The number of carbonyl (C=O) groups excluding carboxylic acids is 2. The van der Waals surface area contributed by atoms with E-state index in [4.69, 9.17) is 16.3 Å². The summed E-state index contributed by atoms with van der Waals surface area (Å²) in [6, 6.07) is 12.6. The molecule has 0 saturated carbocycles. The van der Waals surface area contributed by atoms with Gasteiger partial charge in [0.1, 0.15) is 11.5 Å². The van der Waals surface area contributed by atoms with E-state index in [1.165, 1.54) is 12.1 Å². The molecule has 0 bridgehead atoms. The predicted molar refractivity (Wildman–Crippen MR) is 80.7 cm³/mol. The molecule has 114 valence electrons. The molecule has 0 aliphatic carbocycles. The summed E-state index contributed by atoms with van der Waals surface area (Å²) in [6.07, 6.45) is 0. The van der Waals surface area contributed by atoms with Gasteiger partial charge in [-0.1, -0.05) is 29.8 Å². The van der Waals surface area contributed by atoms with Crippen LogP contribution in [0.3, 0.4) is 0 Å². The van der Waals surface area contributed by atoms with Gasteiger partial charge in [0, 0.05) is 5.02 Å². The Bertz CT molecular complexity index is 691. The van der Waals surface area contributed by atoms with E-state index in [9.17, 15) is 14.7 Å². The number of nitrogens with one attached hydrogen (secondary N) is 2. The van der Waals surface area contributed by atoms with Gasteiger partial charge in [-0.2, -0.15) is 0 Å². The second-order valence-corrected chi connectivity index (χ2v) is 4.70. The van der Waals surface area contributed by atoms with Crippen LogP contribution in [0.15, 0.2) is 48.5 Å². The molecule has 0 aromatic heterocycles. The summed E-state index contributed by atoms with van der Waals surface area (Å²) < 4.78 is 5.21. The molecule has 0 atom stereocenters. The molecule has 2 aromatic carbocycles. The third kappa shape index (κ3) is 4.39. The summed E-state index contributed by atoms with van der Waals surface area (Å²) in [5.74, 6) is -0.919. The molecular weight excluding hydrogens is 308 g/mol. The number of ether oxygens (including phenoxy) is 1. The first kappa shape index (κ1) is 15.7. The maximum Gasteiger partial charge on any atom is 0.276 e. The van der Waals surface area contributed by atoms with Crippen molar-refractivity contribution < 1.29 is 19.4 Å². The lowest BCUT2D eigenvalue weighted by atomic mass is 10.2. The number of carbonyl (C=O) groups is 2. The number of hydrogen-bond donors (Lipinski definition) is 3. The van der Waals surface area contributed by atoms with Crippen LogP contribution in [0.2, 0.25) is 5.02 Å². The smallest absolute Gasteiger partial charge is 0.276 e. The second-order valence-electron chi connectivity index (χ2n) is 4.27. The molecule has 3 N–H and O–H groups in total. The van der Waals surface area contributed by atoms with Gasteiger partial charge in [0.25, 0.3) is 11.8 Å². The third-order valence-corrected chi connectivity index (χ3v) is 2.87. The van der Waals surface area contributed by atoms with E-state index in [0.29, 0.717) is 10.8 Å². The highest BCUT2D eigenvalue weighted by atomic mass is 35.5. The van der Waals surface area contributed by atoms with Crippen molar-refractivity contribution in [2.45, 2.75) is 0 Å². The molecule has 0 aliphatic rings. The van der Waals surface area contributed by atoms with Crippen LogP contribution in [0.1, 0.15) is 10.4 Å². The zero-order valence-electron chi connectivity index (χ0n) is 11.4. The molecule has 6 nitrogen and oxygen atoms in total. The zero-order chi connectivity index (χ0) is 15.9. The van der Waals surface area contributed by atoms with Crippen molar-refractivity contribution in [2.75, 3.05) is 6.61 Å². The van der Waals surface area contributed by atoms with Crippen LogP contribution in [0.25, 0.3) is 0 Å². The van der Waals surface area contributed by atoms with Gasteiger partial charge in [-0.05, 0) is 30.3 Å². The lowest BCUT2D eigenvalue weighted by Gasteiger charge is -2.09. The van der Waals surface area contributed by atoms with Crippen molar-refractivity contribution in [2.24, 2.45) is 0 Å². The van der Waals surface area contributed by atoms with E-state index >= 15 is 0 Å². The van der Waals surface area contributed by atoms with Gasteiger partial charge >= 0.3 is 0 Å². The molecule has 22 heavy (non-hydrogen) atoms. The topological polar surface area (TPSA) is 87.7 Å². The van der Waals surface area contributed by atoms with E-state index in [0.717, 1.165) is 0 Å². The van der Waals surface area contributed by atoms with Gasteiger partial charge in [-0.25, -0.2) is 0 Å². The highest BCUT2D eigenvalue weighted by Gasteiger charge is 2.11. The minimum Gasteiger partial charge on any atom is -0.507 e. The van der Waals surface area contributed by atoms with Crippen molar-refractivity contribution in [1.29, 1.82) is 0 Å². The summed E-state index contributed by atoms with van der Waals surface area (Å²) >= 11 is 5.78. The second kappa shape index (κ2) is 7.33. The van der Waals surface area contributed by atoms with Crippen molar-refractivity contribution in [1.82, 2.24) is 10.9 Å². The number of rotatable bonds is 4. The zero-order valence-corrected chi connectivity index (χ0v) is 12.1. The maximum absolute atomic E-state index is 11.7. The Balaban J connectivity index is 1.81. The van der Waals surface area contributed by atoms with Gasteiger partial charge in [0.05, 0.1) is 5.56 Å². The van der Waals surface area contributed by atoms with Crippen molar-refractivity contribution in [3.8, 4) is 11.5 Å². The first-order valence-electron chi connectivity index (χ1n) is 6.32. The Labute approximate surface area is 131 Å². The number of amides is 2. The van der Waals surface area contributed by atoms with E-state index in [-0.39, 0.29) is 17.9 Å². The first-order valence-corrected chi connectivity index (χ1v) is 6.69. The molecule has 2 amide bonds. The monoisotopic (exact) mass is 320 g/mol. The van der Waals surface area contributed by atoms with Gasteiger partial charge in [-0.3, -0.25) is 20.4 Å². The Morgan fingerprint density at radius 1 is 1.09 bits per heavy atom. The van der Waals surface area contributed by atoms with Crippen LogP contribution < -0.4 is 15.6 Å². The van der Waals surface area contributed by atoms with Gasteiger partial charge < -0.3 is 9.84 Å². The fourth-order valence-corrected chi connectivity index (χ4v) is 1.78. The van der Waals surface area contributed by atoms with Crippen LogP contribution in [0.4, 0.5) is 0 Å². The number of phenolic OH excluding ortho intramolecular Hbond substituents is 1. The number of halogens is 1. The van der Waals surface area contributed by atoms with Crippen LogP contribution in [-0.2, 0) is 4.79 Å². The lowest BCUT2D eigenvalue weighted by molar-refractivity contribution is -0.123. The Morgan fingerprint density at radius 3 is 2.59 bits per heavy atom. The summed E-state index contributed by atoms with van der Waals surface area (Å²) in [7, 11) is 0. The SMILES string of the molecule is O=C(COc1cccc(Cl)c1)NNC(=O)c1ccccc1O. The highest BCUT2D eigenvalue weighted by Crippen LogP contribution is 2.17. The molecule has 2 rings (SSSR count). The van der Waals surface area contributed by atoms with Crippen molar-refractivity contribution in [3.63, 3.8) is 0 Å². The molecule has 7 heteroatoms. The summed E-state index contributed by atoms with van der Waals surface area (Å²) in [6.45, 7) is -0.290. The normalized spacial score (nSPS) is 9.86. The van der Waals surface area contributed by atoms with Crippen LogP contribution in [0, 0.1) is 0 Å². The van der Waals surface area contributed by atoms with Gasteiger partial charge in [0.15, 0.2) is 6.61 Å². The molecule has 2 aromatic rings. The van der Waals surface area contributed by atoms with E-state index in [1.807, 2.05) is 0 Å².